The highest BCUT2D eigenvalue weighted by atomic mass is 16.6. The third-order valence-electron chi connectivity index (χ3n) is 0.496. The number of rotatable bonds is 2. The van der Waals surface area contributed by atoms with E-state index >= 15 is 0 Å². The number of hydrogen-bond donors (Lipinski definition) is 1. The van der Waals surface area contributed by atoms with E-state index < -0.39 is 0 Å². The number of nitrogens with one attached hydrogen (secondary N) is 1. The monoisotopic (exact) mass is 146 g/mol. The smallest absolute Gasteiger partial charge is 0.212 e. The molecule has 0 saturated heterocycles. The maximum Gasteiger partial charge on any atom is 0.212 e. The van der Waals surface area contributed by atoms with Crippen molar-refractivity contribution in [3.8, 4) is 0 Å². The van der Waals surface area contributed by atoms with Crippen LogP contribution in [-0.4, -0.2) is 19.4 Å². The van der Waals surface area contributed by atoms with Gasteiger partial charge in [0, 0.05) is 0 Å². The normalized spacial score (nSPS) is 9.00. The quantitative estimate of drug-likeness (QED) is 0.270. The summed E-state index contributed by atoms with van der Waals surface area (Å²) in [6.45, 7) is 5.62. The lowest BCUT2D eigenvalue weighted by molar-refractivity contribution is -0.108. The molecule has 1 amide bonds. The van der Waals surface area contributed by atoms with E-state index in [2.05, 4.69) is 15.3 Å². The van der Waals surface area contributed by atoms with Crippen LogP contribution in [0.3, 0.4) is 0 Å². The summed E-state index contributed by atoms with van der Waals surface area (Å²) in [6, 6.07) is 0. The average Bonchev–Trinajstić information content (AvgIpc) is 1.93. The first-order valence-corrected chi connectivity index (χ1v) is 3.09. The average molecular weight is 146 g/mol. The van der Waals surface area contributed by atoms with E-state index in [1.807, 2.05) is 13.8 Å². The molecule has 0 aromatic carbocycles. The number of carbonyl (C=O) groups excluding carboxylic acids is 1. The van der Waals surface area contributed by atoms with Gasteiger partial charge in [-0.3, -0.25) is 4.79 Å². The summed E-state index contributed by atoms with van der Waals surface area (Å²) in [7, 11) is 1.41. The third-order valence-corrected chi connectivity index (χ3v) is 0.496. The zero-order valence-electron chi connectivity index (χ0n) is 6.84. The van der Waals surface area contributed by atoms with E-state index in [1.54, 1.807) is 6.92 Å². The molecule has 0 aliphatic heterocycles. The Bertz CT molecular complexity index is 102. The molecule has 0 rings (SSSR count). The third kappa shape index (κ3) is 10.0. The molecule has 0 aromatic rings. The lowest BCUT2D eigenvalue weighted by atomic mass is 10.7. The van der Waals surface area contributed by atoms with Crippen LogP contribution in [0.4, 0.5) is 0 Å². The summed E-state index contributed by atoms with van der Waals surface area (Å²) in [4.78, 5) is 14.0. The van der Waals surface area contributed by atoms with Crippen molar-refractivity contribution in [2.45, 2.75) is 20.8 Å². The zero-order chi connectivity index (χ0) is 8.41. The Morgan fingerprint density at radius 2 is 2.10 bits per heavy atom. The predicted octanol–water partition coefficient (Wildman–Crippen LogP) is 0.738. The van der Waals surface area contributed by atoms with Gasteiger partial charge in [-0.15, -0.1) is 0 Å². The van der Waals surface area contributed by atoms with Gasteiger partial charge in [-0.25, -0.2) is 0 Å². The maximum atomic E-state index is 9.64. The molecule has 0 aliphatic carbocycles. The molecule has 0 aromatic heterocycles. The van der Waals surface area contributed by atoms with Gasteiger partial charge in [0.15, 0.2) is 0 Å². The number of carbonyl (C=O) groups is 1. The number of hydrogen-bond acceptors (Lipinski definition) is 3. The SMILES string of the molecule is CC.CO/N=C(/C)NC=O. The minimum absolute atomic E-state index is 0.447. The van der Waals surface area contributed by atoms with Gasteiger partial charge in [0.25, 0.3) is 0 Å². The van der Waals surface area contributed by atoms with Crippen LogP contribution in [-0.2, 0) is 9.63 Å². The lowest BCUT2D eigenvalue weighted by Crippen LogP contribution is -2.17. The molecule has 0 bridgehead atoms. The standard InChI is InChI=1S/C4H8N2O2.C2H6/c1-4(5-3-7)6-8-2;1-2/h3H,1-2H3,(H,5,6,7);1-2H3. The van der Waals surface area contributed by atoms with Gasteiger partial charge in [0.2, 0.25) is 6.41 Å². The number of oxime groups is 1. The molecule has 10 heavy (non-hydrogen) atoms. The van der Waals surface area contributed by atoms with Gasteiger partial charge >= 0.3 is 0 Å². The fourth-order valence-electron chi connectivity index (χ4n) is 0.249. The molecule has 0 spiro atoms. The maximum absolute atomic E-state index is 9.64. The molecule has 0 fully saturated rings. The lowest BCUT2D eigenvalue weighted by Gasteiger charge is -1.91. The van der Waals surface area contributed by atoms with Crippen LogP contribution in [0.2, 0.25) is 0 Å². The van der Waals surface area contributed by atoms with Crippen molar-refractivity contribution in [3.63, 3.8) is 0 Å². The minimum Gasteiger partial charge on any atom is -0.398 e. The fraction of sp³-hybridized carbons (Fsp3) is 0.667. The van der Waals surface area contributed by atoms with Crippen LogP contribution in [0.5, 0.6) is 0 Å². The molecule has 0 atom stereocenters. The van der Waals surface area contributed by atoms with Crippen LogP contribution in [0.15, 0.2) is 5.16 Å². The second-order valence-electron chi connectivity index (χ2n) is 1.12. The summed E-state index contributed by atoms with van der Waals surface area (Å²) >= 11 is 0. The minimum atomic E-state index is 0.447. The van der Waals surface area contributed by atoms with Crippen LogP contribution in [0.1, 0.15) is 20.8 Å². The van der Waals surface area contributed by atoms with E-state index in [1.165, 1.54) is 7.11 Å². The molecule has 0 unspecified atom stereocenters. The summed E-state index contributed by atoms with van der Waals surface area (Å²) in [6.07, 6.45) is 0.540. The van der Waals surface area contributed by atoms with Crippen molar-refractivity contribution >= 4 is 12.2 Å². The molecule has 0 saturated carbocycles. The Morgan fingerprint density at radius 1 is 1.60 bits per heavy atom. The molecule has 1 N–H and O–H groups in total. The van der Waals surface area contributed by atoms with Crippen molar-refractivity contribution in [2.24, 2.45) is 5.16 Å². The Hall–Kier alpha value is -1.06. The highest BCUT2D eigenvalue weighted by molar-refractivity contribution is 5.87. The van der Waals surface area contributed by atoms with Crippen LogP contribution < -0.4 is 5.32 Å². The highest BCUT2D eigenvalue weighted by Gasteiger charge is 1.81. The summed E-state index contributed by atoms with van der Waals surface area (Å²) in [5.74, 6) is 0.447. The summed E-state index contributed by atoms with van der Waals surface area (Å²) < 4.78 is 0. The topological polar surface area (TPSA) is 50.7 Å². The van der Waals surface area contributed by atoms with Crippen molar-refractivity contribution < 1.29 is 9.63 Å². The van der Waals surface area contributed by atoms with Gasteiger partial charge in [0.1, 0.15) is 12.9 Å². The van der Waals surface area contributed by atoms with Crippen molar-refractivity contribution in [1.82, 2.24) is 5.32 Å². The fourth-order valence-corrected chi connectivity index (χ4v) is 0.249. The molecule has 0 heterocycles. The van der Waals surface area contributed by atoms with Gasteiger partial charge < -0.3 is 10.2 Å². The Kier molecular flexibility index (Phi) is 12.7. The molecular formula is C6H14N2O2. The van der Waals surface area contributed by atoms with E-state index in [0.717, 1.165) is 0 Å². The molecule has 0 radical (unpaired) electrons. The summed E-state index contributed by atoms with van der Waals surface area (Å²) in [5, 5.41) is 5.68. The second kappa shape index (κ2) is 10.8. The van der Waals surface area contributed by atoms with E-state index in [4.69, 9.17) is 0 Å². The first-order valence-electron chi connectivity index (χ1n) is 3.09. The summed E-state index contributed by atoms with van der Waals surface area (Å²) in [5.41, 5.74) is 0. The molecule has 4 heteroatoms. The first kappa shape index (κ1) is 11.7. The number of amides is 1. The van der Waals surface area contributed by atoms with Gasteiger partial charge in [-0.1, -0.05) is 19.0 Å². The van der Waals surface area contributed by atoms with E-state index in [0.29, 0.717) is 12.2 Å². The number of nitrogens with zero attached hydrogens (tertiary/aromatic N) is 1. The van der Waals surface area contributed by atoms with E-state index in [9.17, 15) is 4.79 Å². The van der Waals surface area contributed by atoms with E-state index in [-0.39, 0.29) is 0 Å². The molecule has 0 aliphatic rings. The van der Waals surface area contributed by atoms with Crippen LogP contribution >= 0.6 is 0 Å². The first-order chi connectivity index (χ1) is 4.81. The van der Waals surface area contributed by atoms with Crippen molar-refractivity contribution in [2.75, 3.05) is 7.11 Å². The van der Waals surface area contributed by atoms with Crippen LogP contribution in [0, 0.1) is 0 Å². The Balaban J connectivity index is 0. The number of amidine groups is 1. The Labute approximate surface area is 61.2 Å². The molecular weight excluding hydrogens is 132 g/mol. The van der Waals surface area contributed by atoms with Crippen LogP contribution in [0.25, 0.3) is 0 Å². The van der Waals surface area contributed by atoms with Crippen molar-refractivity contribution in [1.29, 1.82) is 0 Å². The highest BCUT2D eigenvalue weighted by Crippen LogP contribution is 1.68. The van der Waals surface area contributed by atoms with Gasteiger partial charge in [-0.2, -0.15) is 0 Å². The largest absolute Gasteiger partial charge is 0.398 e. The van der Waals surface area contributed by atoms with Gasteiger partial charge in [-0.05, 0) is 6.92 Å². The van der Waals surface area contributed by atoms with Crippen molar-refractivity contribution in [3.05, 3.63) is 0 Å². The predicted molar refractivity (Wildman–Crippen MR) is 40.7 cm³/mol. The second-order valence-corrected chi connectivity index (χ2v) is 1.12. The molecule has 4 nitrogen and oxygen atoms in total. The zero-order valence-corrected chi connectivity index (χ0v) is 6.84. The van der Waals surface area contributed by atoms with Gasteiger partial charge in [0.05, 0.1) is 0 Å². The Morgan fingerprint density at radius 3 is 2.40 bits per heavy atom. The molecule has 60 valence electrons.